The maximum atomic E-state index is 11.4. The summed E-state index contributed by atoms with van der Waals surface area (Å²) >= 11 is 0. The van der Waals surface area contributed by atoms with Crippen LogP contribution in [0.2, 0.25) is 0 Å². The Morgan fingerprint density at radius 2 is 0.886 bits per heavy atom. The normalized spacial score (nSPS) is 21.9. The second-order valence-corrected chi connectivity index (χ2v) is 8.53. The molecule has 0 amide bonds. The molecule has 4 unspecified atom stereocenters. The van der Waals surface area contributed by atoms with Crippen molar-refractivity contribution in [2.75, 3.05) is 85.2 Å². The van der Waals surface area contributed by atoms with E-state index in [-0.39, 0.29) is 72.0 Å². The zero-order chi connectivity index (χ0) is 26.5. The van der Waals surface area contributed by atoms with Crippen molar-refractivity contribution in [1.29, 1.82) is 0 Å². The number of nitrogens with zero attached hydrogens (tertiary/aromatic N) is 4. The molecule has 204 valence electrons. The van der Waals surface area contributed by atoms with Crippen LogP contribution in [0.15, 0.2) is 0 Å². The van der Waals surface area contributed by atoms with Gasteiger partial charge in [0.25, 0.3) is 0 Å². The standard InChI is InChI=1S/C20H38N4O11/c25-12-14(27)19(20(35)15(28)13-26)24-7-5-22(10-17(31)32)3-1-21(9-16(29)30)2-4-23(6-8-24)11-18(33)34/h14-15,19-20,25-28,35H,1-13H2,(H,29,30)(H,31,32)(H,33,34). The van der Waals surface area contributed by atoms with Crippen LogP contribution < -0.4 is 0 Å². The predicted molar refractivity (Wildman–Crippen MR) is 120 cm³/mol. The molecule has 1 fully saturated rings. The number of aliphatic hydroxyl groups is 5. The first kappa shape index (κ1) is 31.1. The quantitative estimate of drug-likeness (QED) is 0.123. The summed E-state index contributed by atoms with van der Waals surface area (Å²) in [5, 5.41) is 77.5. The Hall–Kier alpha value is -1.95. The van der Waals surface area contributed by atoms with Crippen LogP contribution in [0.3, 0.4) is 0 Å². The number of hydrogen-bond acceptors (Lipinski definition) is 12. The third-order valence-corrected chi connectivity index (χ3v) is 5.88. The highest BCUT2D eigenvalue weighted by Crippen LogP contribution is 2.15. The van der Waals surface area contributed by atoms with E-state index in [0.717, 1.165) is 0 Å². The van der Waals surface area contributed by atoms with E-state index < -0.39 is 55.5 Å². The Kier molecular flexibility index (Phi) is 14.1. The van der Waals surface area contributed by atoms with Gasteiger partial charge in [0.2, 0.25) is 0 Å². The van der Waals surface area contributed by atoms with Crippen molar-refractivity contribution in [3.63, 3.8) is 0 Å². The Labute approximate surface area is 203 Å². The number of carbonyl (C=O) groups is 3. The molecular weight excluding hydrogens is 472 g/mol. The first-order chi connectivity index (χ1) is 16.5. The van der Waals surface area contributed by atoms with E-state index in [1.807, 2.05) is 0 Å². The molecule has 0 radical (unpaired) electrons. The molecule has 8 N–H and O–H groups in total. The lowest BCUT2D eigenvalue weighted by atomic mass is 9.98. The monoisotopic (exact) mass is 510 g/mol. The summed E-state index contributed by atoms with van der Waals surface area (Å²) in [7, 11) is 0. The van der Waals surface area contributed by atoms with Gasteiger partial charge in [0, 0.05) is 52.4 Å². The second-order valence-electron chi connectivity index (χ2n) is 8.53. The van der Waals surface area contributed by atoms with E-state index in [1.54, 1.807) is 14.7 Å². The zero-order valence-electron chi connectivity index (χ0n) is 19.6. The minimum atomic E-state index is -1.66. The summed E-state index contributed by atoms with van der Waals surface area (Å²) in [4.78, 5) is 40.2. The summed E-state index contributed by atoms with van der Waals surface area (Å²) in [6, 6.07) is -1.24. The lowest BCUT2D eigenvalue weighted by molar-refractivity contribution is -0.141. The van der Waals surface area contributed by atoms with Crippen LogP contribution in [0.25, 0.3) is 0 Å². The van der Waals surface area contributed by atoms with Crippen molar-refractivity contribution in [2.45, 2.75) is 24.4 Å². The molecule has 0 aromatic carbocycles. The molecule has 1 heterocycles. The lowest BCUT2D eigenvalue weighted by Gasteiger charge is -2.41. The zero-order valence-corrected chi connectivity index (χ0v) is 19.6. The molecule has 1 aliphatic heterocycles. The van der Waals surface area contributed by atoms with Gasteiger partial charge in [-0.25, -0.2) is 0 Å². The molecule has 0 spiro atoms. The molecule has 35 heavy (non-hydrogen) atoms. The van der Waals surface area contributed by atoms with Crippen molar-refractivity contribution >= 4 is 17.9 Å². The second kappa shape index (κ2) is 15.9. The molecule has 15 heteroatoms. The first-order valence-electron chi connectivity index (χ1n) is 11.3. The van der Waals surface area contributed by atoms with Gasteiger partial charge < -0.3 is 40.9 Å². The van der Waals surface area contributed by atoms with Crippen molar-refractivity contribution in [3.8, 4) is 0 Å². The highest BCUT2D eigenvalue weighted by atomic mass is 16.4. The molecule has 0 saturated carbocycles. The Morgan fingerprint density at radius 3 is 1.17 bits per heavy atom. The Morgan fingerprint density at radius 1 is 0.571 bits per heavy atom. The maximum absolute atomic E-state index is 11.4. The number of carboxylic acids is 3. The fraction of sp³-hybridized carbons (Fsp3) is 0.850. The van der Waals surface area contributed by atoms with Crippen molar-refractivity contribution in [2.24, 2.45) is 0 Å². The first-order valence-corrected chi connectivity index (χ1v) is 11.3. The van der Waals surface area contributed by atoms with Crippen molar-refractivity contribution in [3.05, 3.63) is 0 Å². The largest absolute Gasteiger partial charge is 0.480 e. The van der Waals surface area contributed by atoms with Crippen LogP contribution in [0.5, 0.6) is 0 Å². The van der Waals surface area contributed by atoms with E-state index >= 15 is 0 Å². The topological polar surface area (TPSA) is 226 Å². The van der Waals surface area contributed by atoms with Crippen LogP contribution in [0, 0.1) is 0 Å². The molecule has 1 saturated heterocycles. The summed E-state index contributed by atoms with van der Waals surface area (Å²) in [6.07, 6.45) is -4.81. The molecule has 4 atom stereocenters. The fourth-order valence-corrected chi connectivity index (χ4v) is 4.03. The number of hydrogen-bond donors (Lipinski definition) is 8. The van der Waals surface area contributed by atoms with Crippen LogP contribution in [0.1, 0.15) is 0 Å². The van der Waals surface area contributed by atoms with E-state index in [0.29, 0.717) is 0 Å². The van der Waals surface area contributed by atoms with Gasteiger partial charge in [-0.15, -0.1) is 0 Å². The van der Waals surface area contributed by atoms with Gasteiger partial charge in [-0.2, -0.15) is 0 Å². The molecule has 0 aliphatic carbocycles. The molecule has 15 nitrogen and oxygen atoms in total. The van der Waals surface area contributed by atoms with Crippen molar-refractivity contribution in [1.82, 2.24) is 19.6 Å². The Balaban J connectivity index is 3.24. The molecule has 0 aromatic heterocycles. The summed E-state index contributed by atoms with van der Waals surface area (Å²) in [5.41, 5.74) is 0. The van der Waals surface area contributed by atoms with Gasteiger partial charge in [-0.1, -0.05) is 0 Å². The van der Waals surface area contributed by atoms with Crippen molar-refractivity contribution < 1.29 is 55.2 Å². The SMILES string of the molecule is O=C(O)CN1CCN(CC(=O)O)CCN(C(C(O)CO)C(O)C(O)CO)CCN(CC(=O)O)CC1. The lowest BCUT2D eigenvalue weighted by Crippen LogP contribution is -2.59. The van der Waals surface area contributed by atoms with Gasteiger partial charge >= 0.3 is 17.9 Å². The van der Waals surface area contributed by atoms with E-state index in [1.165, 1.54) is 4.90 Å². The van der Waals surface area contributed by atoms with E-state index in [2.05, 4.69) is 0 Å². The highest BCUT2D eigenvalue weighted by molar-refractivity contribution is 5.69. The third-order valence-electron chi connectivity index (χ3n) is 5.88. The summed E-state index contributed by atoms with van der Waals surface area (Å²) in [6.45, 7) is -1.46. The smallest absolute Gasteiger partial charge is 0.317 e. The van der Waals surface area contributed by atoms with Gasteiger partial charge in [-0.3, -0.25) is 34.0 Å². The predicted octanol–water partition coefficient (Wildman–Crippen LogP) is -5.10. The summed E-state index contributed by atoms with van der Waals surface area (Å²) in [5.74, 6) is -3.29. The average Bonchev–Trinajstić information content (AvgIpc) is 2.78. The Bertz CT molecular complexity index is 639. The minimum Gasteiger partial charge on any atom is -0.480 e. The maximum Gasteiger partial charge on any atom is 0.317 e. The van der Waals surface area contributed by atoms with E-state index in [4.69, 9.17) is 0 Å². The third kappa shape index (κ3) is 11.6. The van der Waals surface area contributed by atoms with Crippen LogP contribution in [0.4, 0.5) is 0 Å². The number of aliphatic carboxylic acids is 3. The molecule has 1 aliphatic rings. The van der Waals surface area contributed by atoms with Gasteiger partial charge in [0.05, 0.1) is 45.0 Å². The molecule has 0 aromatic rings. The van der Waals surface area contributed by atoms with Crippen LogP contribution in [-0.2, 0) is 14.4 Å². The molecule has 0 bridgehead atoms. The summed E-state index contributed by atoms with van der Waals surface area (Å²) < 4.78 is 0. The van der Waals surface area contributed by atoms with Gasteiger partial charge in [-0.05, 0) is 0 Å². The highest BCUT2D eigenvalue weighted by Gasteiger charge is 2.36. The van der Waals surface area contributed by atoms with Crippen LogP contribution in [-0.4, -0.2) is 188 Å². The van der Waals surface area contributed by atoms with E-state index in [9.17, 15) is 55.2 Å². The number of rotatable bonds is 12. The number of aliphatic hydroxyl groups excluding tert-OH is 5. The fourth-order valence-electron chi connectivity index (χ4n) is 4.03. The number of carboxylic acid groups (broad SMARTS) is 3. The van der Waals surface area contributed by atoms with Gasteiger partial charge in [0.1, 0.15) is 12.2 Å². The average molecular weight is 511 g/mol. The van der Waals surface area contributed by atoms with Gasteiger partial charge in [0.15, 0.2) is 0 Å². The van der Waals surface area contributed by atoms with Crippen LogP contribution >= 0.6 is 0 Å². The molecule has 1 rings (SSSR count). The molecular formula is C20H38N4O11. The minimum absolute atomic E-state index is 0.0596.